The van der Waals surface area contributed by atoms with Crippen molar-refractivity contribution < 1.29 is 29.0 Å². The van der Waals surface area contributed by atoms with Crippen LogP contribution in [0, 0.1) is 0 Å². The summed E-state index contributed by atoms with van der Waals surface area (Å²) in [5.74, 6) is -2.61. The van der Waals surface area contributed by atoms with Gasteiger partial charge in [-0.3, -0.25) is 9.59 Å². The molecule has 0 saturated heterocycles. The van der Waals surface area contributed by atoms with Gasteiger partial charge in [-0.15, -0.1) is 0 Å². The second-order valence-electron chi connectivity index (χ2n) is 3.91. The first-order valence-corrected chi connectivity index (χ1v) is 6.19. The van der Waals surface area contributed by atoms with E-state index in [1.54, 1.807) is 6.92 Å². The summed E-state index contributed by atoms with van der Waals surface area (Å²) < 4.78 is 9.36. The van der Waals surface area contributed by atoms with Gasteiger partial charge in [-0.1, -0.05) is 13.8 Å². The third-order valence-corrected chi connectivity index (χ3v) is 2.10. The number of carbonyl (C=O) groups excluding carboxylic acids is 3. The van der Waals surface area contributed by atoms with E-state index in [4.69, 9.17) is 4.74 Å². The number of aliphatic hydroxyl groups is 1. The highest BCUT2D eigenvalue weighted by Gasteiger charge is 2.25. The van der Waals surface area contributed by atoms with Gasteiger partial charge in [-0.2, -0.15) is 0 Å². The van der Waals surface area contributed by atoms with Crippen LogP contribution in [0.2, 0.25) is 0 Å². The Morgan fingerprint density at radius 3 is 2.16 bits per heavy atom. The predicted octanol–water partition coefficient (Wildman–Crippen LogP) is 1.68. The van der Waals surface area contributed by atoms with E-state index in [1.807, 2.05) is 6.92 Å². The Kier molecular flexibility index (Phi) is 8.24. The molecule has 0 radical (unpaired) electrons. The molecule has 1 N–H and O–H groups in total. The lowest BCUT2D eigenvalue weighted by molar-refractivity contribution is -0.147. The molecule has 0 atom stereocenters. The number of ketones is 1. The highest BCUT2D eigenvalue weighted by molar-refractivity contribution is 6.18. The number of esters is 2. The Morgan fingerprint density at radius 2 is 1.68 bits per heavy atom. The van der Waals surface area contributed by atoms with E-state index in [9.17, 15) is 19.5 Å². The highest BCUT2D eigenvalue weighted by atomic mass is 16.5. The second-order valence-corrected chi connectivity index (χ2v) is 3.91. The molecule has 0 unspecified atom stereocenters. The van der Waals surface area contributed by atoms with Gasteiger partial charge in [-0.25, -0.2) is 4.79 Å². The van der Waals surface area contributed by atoms with Crippen molar-refractivity contribution in [2.75, 3.05) is 13.2 Å². The van der Waals surface area contributed by atoms with E-state index in [0.717, 1.165) is 6.92 Å². The van der Waals surface area contributed by atoms with Crippen molar-refractivity contribution in [3.63, 3.8) is 0 Å². The maximum Gasteiger partial charge on any atom is 0.345 e. The average Bonchev–Trinajstić information content (AvgIpc) is 2.34. The Hall–Kier alpha value is -1.85. The normalized spacial score (nSPS) is 11.5. The van der Waals surface area contributed by atoms with E-state index >= 15 is 0 Å². The van der Waals surface area contributed by atoms with Crippen LogP contribution in [-0.4, -0.2) is 36.0 Å². The zero-order chi connectivity index (χ0) is 14.8. The quantitative estimate of drug-likeness (QED) is 0.238. The van der Waals surface area contributed by atoms with Crippen molar-refractivity contribution in [3.05, 3.63) is 11.3 Å². The smallest absolute Gasteiger partial charge is 0.345 e. The van der Waals surface area contributed by atoms with E-state index in [0.29, 0.717) is 12.8 Å². The fraction of sp³-hybridized carbons (Fsp3) is 0.615. The molecule has 108 valence electrons. The fourth-order valence-corrected chi connectivity index (χ4v) is 1.26. The molecule has 0 aliphatic heterocycles. The van der Waals surface area contributed by atoms with E-state index < -0.39 is 29.9 Å². The van der Waals surface area contributed by atoms with Gasteiger partial charge in [-0.05, 0) is 12.8 Å². The van der Waals surface area contributed by atoms with E-state index in [2.05, 4.69) is 4.74 Å². The van der Waals surface area contributed by atoms with Gasteiger partial charge < -0.3 is 14.6 Å². The second kappa shape index (κ2) is 9.13. The molecule has 0 aromatic heterocycles. The first kappa shape index (κ1) is 17.2. The number of hydrogen-bond acceptors (Lipinski definition) is 6. The first-order chi connectivity index (χ1) is 8.93. The Bertz CT molecular complexity index is 369. The van der Waals surface area contributed by atoms with Crippen LogP contribution in [0.4, 0.5) is 0 Å². The van der Waals surface area contributed by atoms with Crippen LogP contribution in [0.15, 0.2) is 11.3 Å². The van der Waals surface area contributed by atoms with E-state index in [1.165, 1.54) is 0 Å². The van der Waals surface area contributed by atoms with Gasteiger partial charge in [0.25, 0.3) is 0 Å². The van der Waals surface area contributed by atoms with Crippen molar-refractivity contribution in [2.45, 2.75) is 40.0 Å². The average molecular weight is 272 g/mol. The standard InChI is InChI=1S/C13H20O6/c1-4-6-10(15)12(13(17)18-7-5-2)11(16)8-19-9(3)14/h15H,4-8H2,1-3H3/b12-10+. The number of hydrogen-bond donors (Lipinski definition) is 1. The third-order valence-electron chi connectivity index (χ3n) is 2.10. The summed E-state index contributed by atoms with van der Waals surface area (Å²) in [5.41, 5.74) is -0.434. The molecular weight excluding hydrogens is 252 g/mol. The molecule has 0 rings (SSSR count). The Balaban J connectivity index is 4.95. The fourth-order valence-electron chi connectivity index (χ4n) is 1.26. The van der Waals surface area contributed by atoms with Crippen LogP contribution < -0.4 is 0 Å². The summed E-state index contributed by atoms with van der Waals surface area (Å²) in [6.45, 7) is 4.32. The molecule has 0 fully saturated rings. The summed E-state index contributed by atoms with van der Waals surface area (Å²) in [7, 11) is 0. The predicted molar refractivity (Wildman–Crippen MR) is 67.5 cm³/mol. The largest absolute Gasteiger partial charge is 0.511 e. The third kappa shape index (κ3) is 6.59. The maximum absolute atomic E-state index is 11.8. The van der Waals surface area contributed by atoms with Crippen LogP contribution in [0.3, 0.4) is 0 Å². The zero-order valence-electron chi connectivity index (χ0n) is 11.5. The lowest BCUT2D eigenvalue weighted by Gasteiger charge is -2.09. The van der Waals surface area contributed by atoms with Crippen LogP contribution in [0.25, 0.3) is 0 Å². The maximum atomic E-state index is 11.8. The molecule has 0 amide bonds. The van der Waals surface area contributed by atoms with Crippen LogP contribution in [-0.2, 0) is 23.9 Å². The van der Waals surface area contributed by atoms with Crippen molar-refractivity contribution in [2.24, 2.45) is 0 Å². The van der Waals surface area contributed by atoms with Crippen molar-refractivity contribution >= 4 is 17.7 Å². The van der Waals surface area contributed by atoms with Gasteiger partial charge in [0.05, 0.1) is 6.61 Å². The molecule has 0 bridgehead atoms. The minimum Gasteiger partial charge on any atom is -0.511 e. The first-order valence-electron chi connectivity index (χ1n) is 6.19. The molecule has 0 aliphatic rings. The van der Waals surface area contributed by atoms with Crippen LogP contribution in [0.1, 0.15) is 40.0 Å². The monoisotopic (exact) mass is 272 g/mol. The number of ether oxygens (including phenoxy) is 2. The summed E-state index contributed by atoms with van der Waals surface area (Å²) >= 11 is 0. The summed E-state index contributed by atoms with van der Waals surface area (Å²) in [6.07, 6.45) is 1.35. The number of carbonyl (C=O) groups is 3. The van der Waals surface area contributed by atoms with E-state index in [-0.39, 0.29) is 18.8 Å². The van der Waals surface area contributed by atoms with Crippen molar-refractivity contribution in [3.8, 4) is 0 Å². The Morgan fingerprint density at radius 1 is 1.05 bits per heavy atom. The van der Waals surface area contributed by atoms with Gasteiger partial charge in [0, 0.05) is 13.3 Å². The SMILES string of the molecule is CCCOC(=O)/C(C(=O)COC(C)=O)=C(/O)CCC. The topological polar surface area (TPSA) is 89.9 Å². The molecule has 6 nitrogen and oxygen atoms in total. The van der Waals surface area contributed by atoms with Crippen LogP contribution >= 0.6 is 0 Å². The number of rotatable bonds is 8. The molecule has 0 aliphatic carbocycles. The number of allylic oxidation sites excluding steroid dienone is 1. The van der Waals surface area contributed by atoms with Gasteiger partial charge in [0.15, 0.2) is 6.61 Å². The molecule has 0 saturated carbocycles. The highest BCUT2D eigenvalue weighted by Crippen LogP contribution is 2.12. The van der Waals surface area contributed by atoms with Gasteiger partial charge in [0.1, 0.15) is 11.3 Å². The van der Waals surface area contributed by atoms with Crippen LogP contribution in [0.5, 0.6) is 0 Å². The van der Waals surface area contributed by atoms with Crippen molar-refractivity contribution in [1.29, 1.82) is 0 Å². The minimum atomic E-state index is -0.884. The molecular formula is C13H20O6. The zero-order valence-corrected chi connectivity index (χ0v) is 11.5. The summed E-state index contributed by atoms with van der Waals surface area (Å²) in [4.78, 5) is 34.1. The number of aliphatic hydroxyl groups excluding tert-OH is 1. The van der Waals surface area contributed by atoms with Crippen molar-refractivity contribution in [1.82, 2.24) is 0 Å². The Labute approximate surface area is 112 Å². The molecule has 0 aromatic rings. The number of Topliss-reactive ketones (excluding diaryl/α,β-unsaturated/α-hetero) is 1. The molecule has 0 spiro atoms. The van der Waals surface area contributed by atoms with Gasteiger partial charge >= 0.3 is 11.9 Å². The summed E-state index contributed by atoms with van der Waals surface area (Å²) in [5, 5.41) is 9.73. The molecule has 0 heterocycles. The minimum absolute atomic E-state index is 0.155. The van der Waals surface area contributed by atoms with Gasteiger partial charge in [0.2, 0.25) is 5.78 Å². The molecule has 6 heteroatoms. The lowest BCUT2D eigenvalue weighted by atomic mass is 10.1. The summed E-state index contributed by atoms with van der Waals surface area (Å²) in [6, 6.07) is 0. The molecule has 0 aromatic carbocycles. The molecule has 19 heavy (non-hydrogen) atoms. The lowest BCUT2D eigenvalue weighted by Crippen LogP contribution is -2.23.